The van der Waals surface area contributed by atoms with Crippen LogP contribution < -0.4 is 0 Å². The highest BCUT2D eigenvalue weighted by Gasteiger charge is 3.02. The second-order valence-corrected chi connectivity index (χ2v) is 9.68. The summed E-state index contributed by atoms with van der Waals surface area (Å²) in [5, 5.41) is 0. The number of rotatable bonds is 15. The normalized spacial score (nSPS) is 17.6. The lowest BCUT2D eigenvalue weighted by Gasteiger charge is -2.47. The number of alkyl halides is 33. The van der Waals surface area contributed by atoms with Crippen LogP contribution in [-0.2, 0) is 9.53 Å². The van der Waals surface area contributed by atoms with Gasteiger partial charge in [-0.2, -0.15) is 145 Å². The summed E-state index contributed by atoms with van der Waals surface area (Å²) in [6.45, 7) is 1.96. The third kappa shape index (κ3) is 5.82. The van der Waals surface area contributed by atoms with E-state index < -0.39 is 107 Å². The maximum atomic E-state index is 14.0. The highest BCUT2D eigenvalue weighted by Crippen LogP contribution is 2.69. The van der Waals surface area contributed by atoms with Gasteiger partial charge in [0.2, 0.25) is 0 Å². The summed E-state index contributed by atoms with van der Waals surface area (Å²) in [5.41, 5.74) is 0. The van der Waals surface area contributed by atoms with Crippen molar-refractivity contribution in [3.8, 4) is 0 Å². The quantitative estimate of drug-likeness (QED) is 0.0930. The first-order valence-corrected chi connectivity index (χ1v) is 11.3. The van der Waals surface area contributed by atoms with Crippen molar-refractivity contribution in [2.24, 2.45) is 0 Å². The molecule has 0 aromatic carbocycles. The summed E-state index contributed by atoms with van der Waals surface area (Å²) in [7, 11) is 0. The summed E-state index contributed by atoms with van der Waals surface area (Å²) < 4.78 is 446. The third-order valence-electron chi connectivity index (χ3n) is 6.26. The van der Waals surface area contributed by atoms with Gasteiger partial charge in [-0.25, -0.2) is 4.79 Å². The van der Waals surface area contributed by atoms with Gasteiger partial charge in [-0.05, 0) is 0 Å². The van der Waals surface area contributed by atoms with E-state index in [0.29, 0.717) is 0 Å². The summed E-state index contributed by atoms with van der Waals surface area (Å²) in [6.07, 6.45) is -17.6. The molecule has 0 fully saturated rings. The minimum absolute atomic E-state index is 1.00. The molecule has 0 saturated heterocycles. The van der Waals surface area contributed by atoms with E-state index in [-0.39, 0.29) is 0 Å². The number of carbonyl (C=O) groups excluding carboxylic acids is 1. The topological polar surface area (TPSA) is 26.3 Å². The zero-order valence-corrected chi connectivity index (χ0v) is 23.1. The number of hydrogen-bond acceptors (Lipinski definition) is 2. The molecule has 1 atom stereocenters. The Balaban J connectivity index is 7.84. The predicted octanol–water partition coefficient (Wildman–Crippen LogP) is 10.8. The van der Waals surface area contributed by atoms with Crippen LogP contribution >= 0.6 is 0 Å². The van der Waals surface area contributed by atoms with Crippen LogP contribution in [0, 0.1) is 0 Å². The maximum absolute atomic E-state index is 14.0. The van der Waals surface area contributed by atoms with E-state index in [2.05, 4.69) is 0 Å². The van der Waals surface area contributed by atoms with Crippen LogP contribution in [0.5, 0.6) is 0 Å². The molecule has 54 heavy (non-hydrogen) atoms. The van der Waals surface area contributed by atoms with Crippen LogP contribution in [-0.4, -0.2) is 101 Å². The van der Waals surface area contributed by atoms with Crippen molar-refractivity contribution in [2.75, 3.05) is 0 Å². The Kier molecular flexibility index (Phi) is 11.7. The first-order chi connectivity index (χ1) is 22.7. The van der Waals surface area contributed by atoms with Crippen LogP contribution in [0.1, 0.15) is 0 Å². The van der Waals surface area contributed by atoms with Crippen molar-refractivity contribution in [3.63, 3.8) is 0 Å². The Morgan fingerprint density at radius 1 is 0.296 bits per heavy atom. The minimum Gasteiger partial charge on any atom is -0.411 e. The lowest BCUT2D eigenvalue weighted by atomic mass is 9.83. The third-order valence-corrected chi connectivity index (χ3v) is 6.26. The Labute approximate surface area is 269 Å². The van der Waals surface area contributed by atoms with Gasteiger partial charge >= 0.3 is 101 Å². The van der Waals surface area contributed by atoms with E-state index in [1.807, 2.05) is 11.3 Å². The highest BCUT2D eigenvalue weighted by molar-refractivity contribution is 5.81. The van der Waals surface area contributed by atoms with Crippen LogP contribution in [0.2, 0.25) is 0 Å². The smallest absolute Gasteiger partial charge is 0.411 e. The van der Waals surface area contributed by atoms with Gasteiger partial charge in [0.05, 0.1) is 0 Å². The van der Waals surface area contributed by atoms with Gasteiger partial charge in [-0.1, -0.05) is 6.58 Å². The lowest BCUT2D eigenvalue weighted by molar-refractivity contribution is -0.495. The van der Waals surface area contributed by atoms with Gasteiger partial charge in [-0.3, -0.25) is 0 Å². The van der Waals surface area contributed by atoms with Crippen LogP contribution in [0.3, 0.4) is 0 Å². The van der Waals surface area contributed by atoms with Crippen LogP contribution in [0.25, 0.3) is 0 Å². The molecule has 0 spiro atoms. The number of esters is 1. The molecule has 0 aliphatic rings. The number of hydrogen-bond donors (Lipinski definition) is 0. The van der Waals surface area contributed by atoms with E-state index in [4.69, 9.17) is 0 Å². The van der Waals surface area contributed by atoms with Gasteiger partial charge in [0, 0.05) is 6.08 Å². The molecule has 0 aromatic heterocycles. The summed E-state index contributed by atoms with van der Waals surface area (Å²) in [6, 6.07) is 0. The predicted molar refractivity (Wildman–Crippen MR) is 96.5 cm³/mol. The van der Waals surface area contributed by atoms with E-state index in [9.17, 15) is 150 Å². The van der Waals surface area contributed by atoms with Crippen molar-refractivity contribution in [1.82, 2.24) is 0 Å². The molecule has 0 heterocycles. The molecule has 322 valence electrons. The fourth-order valence-electron chi connectivity index (χ4n) is 3.03. The molecule has 0 rings (SSSR count). The van der Waals surface area contributed by atoms with Crippen LogP contribution in [0.4, 0.5) is 145 Å². The Morgan fingerprint density at radius 2 is 0.463 bits per heavy atom. The molecule has 0 N–H and O–H groups in total. The fourth-order valence-corrected chi connectivity index (χ4v) is 3.03. The molecule has 0 saturated carbocycles. The van der Waals surface area contributed by atoms with Gasteiger partial charge in [0.25, 0.3) is 0 Å². The van der Waals surface area contributed by atoms with E-state index >= 15 is 0 Å². The second-order valence-electron chi connectivity index (χ2n) is 9.68. The van der Waals surface area contributed by atoms with Crippen molar-refractivity contribution >= 4 is 5.97 Å². The molecule has 35 heteroatoms. The fraction of sp³-hybridized carbons (Fsp3) is 0.842. The average molecular weight is 890 g/mol. The number of halogens is 33. The maximum Gasteiger partial charge on any atom is 0.467 e. The summed E-state index contributed by atoms with van der Waals surface area (Å²) in [4.78, 5) is 10.7. The Morgan fingerprint density at radius 3 is 0.611 bits per heavy atom. The Hall–Kier alpha value is -3.10. The van der Waals surface area contributed by atoms with Gasteiger partial charge < -0.3 is 4.74 Å². The molecule has 2 nitrogen and oxygen atoms in total. The average Bonchev–Trinajstić information content (AvgIpc) is 2.94. The zero-order valence-electron chi connectivity index (χ0n) is 23.1. The molecule has 0 aliphatic carbocycles. The zero-order chi connectivity index (χ0) is 45.0. The van der Waals surface area contributed by atoms with Gasteiger partial charge in [0.1, 0.15) is 0 Å². The molecular weight excluding hydrogens is 887 g/mol. The molecule has 0 amide bonds. The number of ether oxygens (including phenoxy) is 1. The molecule has 1 unspecified atom stereocenters. The second kappa shape index (κ2) is 12.4. The molecule has 0 radical (unpaired) electrons. The minimum atomic E-state index is -10.2. The van der Waals surface area contributed by atoms with E-state index in [0.717, 1.165) is 0 Å². The molecule has 0 aromatic rings. The number of carbonyl (C=O) groups is 1. The van der Waals surface area contributed by atoms with Gasteiger partial charge in [-0.15, -0.1) is 0 Å². The lowest BCUT2D eigenvalue weighted by Crippen LogP contribution is -2.80. The molecule has 0 bridgehead atoms. The van der Waals surface area contributed by atoms with Crippen molar-refractivity contribution < 1.29 is 154 Å². The summed E-state index contributed by atoms with van der Waals surface area (Å²) in [5.74, 6) is -140. The van der Waals surface area contributed by atoms with E-state index in [1.54, 1.807) is 0 Å². The largest absolute Gasteiger partial charge is 0.467 e. The van der Waals surface area contributed by atoms with Crippen LogP contribution in [0.15, 0.2) is 12.7 Å². The molecular formula is C19H3F33O2. The first kappa shape index (κ1) is 50.9. The van der Waals surface area contributed by atoms with E-state index in [1.165, 1.54) is 0 Å². The summed E-state index contributed by atoms with van der Waals surface area (Å²) >= 11 is 0. The monoisotopic (exact) mass is 890 g/mol. The Bertz CT molecular complexity index is 1410. The highest BCUT2D eigenvalue weighted by atomic mass is 19.4. The van der Waals surface area contributed by atoms with Crippen molar-refractivity contribution in [1.29, 1.82) is 0 Å². The molecule has 0 aliphatic heterocycles. The van der Waals surface area contributed by atoms with Crippen molar-refractivity contribution in [3.05, 3.63) is 12.7 Å². The first-order valence-electron chi connectivity index (χ1n) is 11.3. The standard InChI is InChI=1S/C19H3F33O2/c1-2-3(53)54-17(46,19(50,51)52)15(42,43)13(38,39)11(34,35)9(30,31)7(26,27)5(22,23)4(20,21)6(24,25)8(28,29)10(32,33)12(36,37)14(40,41)16(44,45)18(47,48)49/h2H,1H2. The van der Waals surface area contributed by atoms with Gasteiger partial charge in [0.15, 0.2) is 0 Å². The SMILES string of the molecule is C=CC(=O)OC(F)(C(F)(F)F)C(F)(F)C(F)(F)C(F)(F)C(F)(F)C(F)(F)C(F)(F)C(F)(F)C(F)(F)C(F)(F)C(F)(F)C(F)(F)C(F)(F)C(F)(F)C(F)(F)F. The van der Waals surface area contributed by atoms with Crippen molar-refractivity contribution in [2.45, 2.75) is 95.2 Å².